The number of rotatable bonds is 12. The predicted molar refractivity (Wildman–Crippen MR) is 84.0 cm³/mol. The van der Waals surface area contributed by atoms with Crippen molar-refractivity contribution < 1.29 is 28.0 Å². The number of hydrogen-bond acceptors (Lipinski definition) is 6. The Morgan fingerprint density at radius 2 is 1.96 bits per heavy atom. The third-order valence-electron chi connectivity index (χ3n) is 2.68. The van der Waals surface area contributed by atoms with Gasteiger partial charge in [-0.25, -0.2) is 0 Å². The number of carbonyl (C=O) groups is 1. The lowest BCUT2D eigenvalue weighted by Crippen LogP contribution is -2.27. The van der Waals surface area contributed by atoms with E-state index in [0.29, 0.717) is 26.1 Å². The van der Waals surface area contributed by atoms with Crippen LogP contribution in [0.4, 0.5) is 0 Å². The molecule has 1 amide bonds. The van der Waals surface area contributed by atoms with Crippen molar-refractivity contribution >= 4 is 13.7 Å². The first-order valence-electron chi connectivity index (χ1n) is 7.58. The molecule has 1 rings (SSSR count). The second-order valence-corrected chi connectivity index (χ2v) is 6.09. The van der Waals surface area contributed by atoms with Crippen molar-refractivity contribution in [3.63, 3.8) is 0 Å². The number of hydrogen-bond donors (Lipinski definition) is 1. The van der Waals surface area contributed by atoms with Crippen LogP contribution in [0.25, 0.3) is 0 Å². The van der Waals surface area contributed by atoms with Crippen LogP contribution in [0.2, 0.25) is 0 Å². The molecule has 0 aliphatic rings. The van der Waals surface area contributed by atoms with Crippen LogP contribution in [0.1, 0.15) is 26.2 Å². The fraction of sp³-hybridized carbons (Fsp3) is 0.533. The molecule has 0 bridgehead atoms. The van der Waals surface area contributed by atoms with Crippen molar-refractivity contribution in [1.82, 2.24) is 5.32 Å². The lowest BCUT2D eigenvalue weighted by atomic mass is 10.3. The van der Waals surface area contributed by atoms with Gasteiger partial charge in [-0.1, -0.05) is 25.1 Å². The molecule has 1 aromatic carbocycles. The summed E-state index contributed by atoms with van der Waals surface area (Å²) in [6.07, 6.45) is 1.91. The molecule has 23 heavy (non-hydrogen) atoms. The topological polar surface area (TPSA) is 96.9 Å². The zero-order valence-electron chi connectivity index (χ0n) is 13.2. The van der Waals surface area contributed by atoms with Gasteiger partial charge in [0.2, 0.25) is 5.91 Å². The zero-order valence-corrected chi connectivity index (χ0v) is 14.1. The maximum atomic E-state index is 11.6. The van der Waals surface area contributed by atoms with E-state index in [2.05, 4.69) is 9.84 Å². The third kappa shape index (κ3) is 10.1. The Morgan fingerprint density at radius 1 is 1.22 bits per heavy atom. The first kappa shape index (κ1) is 19.6. The van der Waals surface area contributed by atoms with Crippen molar-refractivity contribution in [1.29, 1.82) is 0 Å². The molecule has 0 saturated heterocycles. The zero-order chi connectivity index (χ0) is 17.0. The van der Waals surface area contributed by atoms with Crippen molar-refractivity contribution in [2.75, 3.05) is 26.4 Å². The highest BCUT2D eigenvalue weighted by molar-refractivity contribution is 7.46. The van der Waals surface area contributed by atoms with E-state index in [4.69, 9.17) is 9.26 Å². The van der Waals surface area contributed by atoms with E-state index in [1.807, 2.05) is 6.92 Å². The van der Waals surface area contributed by atoms with Crippen LogP contribution in [-0.2, 0) is 18.6 Å². The minimum absolute atomic E-state index is 0.0963. The quantitative estimate of drug-likeness (QED) is 0.459. The molecule has 8 heteroatoms. The van der Waals surface area contributed by atoms with Crippen molar-refractivity contribution in [2.24, 2.45) is 0 Å². The molecular weight excluding hydrogens is 321 g/mol. The average molecular weight is 344 g/mol. The van der Waals surface area contributed by atoms with Crippen LogP contribution in [0.3, 0.4) is 0 Å². The number of ether oxygens (including phenoxy) is 1. The minimum Gasteiger partial charge on any atom is -0.746 e. The van der Waals surface area contributed by atoms with E-state index in [0.717, 1.165) is 6.42 Å². The fourth-order valence-corrected chi connectivity index (χ4v) is 2.40. The molecule has 1 N–H and O–H groups in total. The highest BCUT2D eigenvalue weighted by Crippen LogP contribution is 2.38. The Morgan fingerprint density at radius 3 is 2.65 bits per heavy atom. The number of phosphoric acid groups is 1. The number of nitrogens with one attached hydrogen (secondary N) is 1. The van der Waals surface area contributed by atoms with E-state index >= 15 is 0 Å². The van der Waals surface area contributed by atoms with Gasteiger partial charge in [0.05, 0.1) is 6.61 Å². The Bertz CT molecular complexity index is 496. The van der Waals surface area contributed by atoms with Crippen LogP contribution in [0.5, 0.6) is 5.75 Å². The molecule has 1 aromatic rings. The Hall–Kier alpha value is -1.40. The Kier molecular flexibility index (Phi) is 9.55. The predicted octanol–water partition coefficient (Wildman–Crippen LogP) is 1.87. The Labute approximate surface area is 136 Å². The summed E-state index contributed by atoms with van der Waals surface area (Å²) in [6.45, 7) is 3.17. The molecule has 130 valence electrons. The van der Waals surface area contributed by atoms with Crippen LogP contribution in [0.15, 0.2) is 30.3 Å². The van der Waals surface area contributed by atoms with Crippen LogP contribution < -0.4 is 14.7 Å². The highest BCUT2D eigenvalue weighted by atomic mass is 31.2. The van der Waals surface area contributed by atoms with Gasteiger partial charge >= 0.3 is 7.82 Å². The number of carbonyl (C=O) groups excluding carboxylic acids is 1. The van der Waals surface area contributed by atoms with E-state index in [9.17, 15) is 14.3 Å². The average Bonchev–Trinajstić information content (AvgIpc) is 2.52. The van der Waals surface area contributed by atoms with Crippen LogP contribution in [-0.4, -0.2) is 32.3 Å². The van der Waals surface area contributed by atoms with Gasteiger partial charge in [-0.05, 0) is 25.0 Å². The molecule has 1 atom stereocenters. The monoisotopic (exact) mass is 344 g/mol. The molecular formula is C15H23NO6P-. The molecule has 1 unspecified atom stereocenters. The number of amides is 1. The molecule has 0 aliphatic carbocycles. The highest BCUT2D eigenvalue weighted by Gasteiger charge is 2.11. The van der Waals surface area contributed by atoms with Gasteiger partial charge in [-0.3, -0.25) is 9.36 Å². The van der Waals surface area contributed by atoms with Gasteiger partial charge in [0.1, 0.15) is 5.75 Å². The van der Waals surface area contributed by atoms with Crippen molar-refractivity contribution in [2.45, 2.75) is 26.2 Å². The van der Waals surface area contributed by atoms with E-state index in [1.54, 1.807) is 18.2 Å². The summed E-state index contributed by atoms with van der Waals surface area (Å²) in [5.74, 6) is 0.0142. The standard InChI is InChI=1S/C15H24NO6P/c1-2-11-20-12-6-9-15(17)16-10-13-21-23(18,19)22-14-7-4-3-5-8-14/h3-5,7-8H,2,6,9-13H2,1H3,(H,16,17)(H,18,19)/p-1. The third-order valence-corrected chi connectivity index (χ3v) is 3.61. The molecule has 0 spiro atoms. The second kappa shape index (κ2) is 11.2. The number of benzene rings is 1. The van der Waals surface area contributed by atoms with Gasteiger partial charge in [0, 0.05) is 26.2 Å². The summed E-state index contributed by atoms with van der Waals surface area (Å²) in [4.78, 5) is 23.1. The van der Waals surface area contributed by atoms with Gasteiger partial charge in [0.25, 0.3) is 0 Å². The number of para-hydroxylation sites is 1. The lowest BCUT2D eigenvalue weighted by molar-refractivity contribution is -0.216. The van der Waals surface area contributed by atoms with E-state index in [1.165, 1.54) is 12.1 Å². The van der Waals surface area contributed by atoms with Gasteiger partial charge in [-0.2, -0.15) is 0 Å². The van der Waals surface area contributed by atoms with Crippen molar-refractivity contribution in [3.8, 4) is 5.75 Å². The summed E-state index contributed by atoms with van der Waals surface area (Å²) in [6, 6.07) is 8.07. The van der Waals surface area contributed by atoms with E-state index in [-0.39, 0.29) is 24.8 Å². The summed E-state index contributed by atoms with van der Waals surface area (Å²) in [7, 11) is -4.43. The van der Waals surface area contributed by atoms with E-state index < -0.39 is 7.82 Å². The molecule has 0 saturated carbocycles. The van der Waals surface area contributed by atoms with Gasteiger partial charge in [0.15, 0.2) is 0 Å². The molecule has 0 heterocycles. The summed E-state index contributed by atoms with van der Waals surface area (Å²) >= 11 is 0. The lowest BCUT2D eigenvalue weighted by Gasteiger charge is -2.23. The summed E-state index contributed by atoms with van der Waals surface area (Å²) in [5.41, 5.74) is 0. The normalized spacial score (nSPS) is 13.3. The van der Waals surface area contributed by atoms with Crippen LogP contribution >= 0.6 is 7.82 Å². The Balaban J connectivity index is 2.11. The molecule has 0 aliphatic heterocycles. The van der Waals surface area contributed by atoms with Gasteiger partial charge < -0.3 is 24.0 Å². The van der Waals surface area contributed by atoms with Crippen molar-refractivity contribution in [3.05, 3.63) is 30.3 Å². The van der Waals surface area contributed by atoms with Crippen LogP contribution in [0, 0.1) is 0 Å². The first-order valence-corrected chi connectivity index (χ1v) is 9.04. The maximum Gasteiger partial charge on any atom is 0.319 e. The smallest absolute Gasteiger partial charge is 0.319 e. The largest absolute Gasteiger partial charge is 0.746 e. The molecule has 0 radical (unpaired) electrons. The molecule has 0 aromatic heterocycles. The summed E-state index contributed by atoms with van der Waals surface area (Å²) in [5, 5.41) is 2.57. The molecule has 0 fully saturated rings. The molecule has 7 nitrogen and oxygen atoms in total. The maximum absolute atomic E-state index is 11.6. The minimum atomic E-state index is -4.43. The summed E-state index contributed by atoms with van der Waals surface area (Å²) < 4.78 is 26.3. The second-order valence-electron chi connectivity index (χ2n) is 4.75. The SMILES string of the molecule is CCCOCCCC(=O)NCCOP(=O)([O-])Oc1ccccc1. The number of phosphoric ester groups is 1. The fourth-order valence-electron chi connectivity index (χ4n) is 1.65. The van der Waals surface area contributed by atoms with Gasteiger partial charge in [-0.15, -0.1) is 0 Å². The first-order chi connectivity index (χ1) is 11.0.